The highest BCUT2D eigenvalue weighted by atomic mass is 15.1. The summed E-state index contributed by atoms with van der Waals surface area (Å²) in [7, 11) is 0. The van der Waals surface area contributed by atoms with Gasteiger partial charge < -0.3 is 4.57 Å². The first-order chi connectivity index (χ1) is 17.6. The molecule has 0 N–H and O–H groups in total. The van der Waals surface area contributed by atoms with Crippen molar-refractivity contribution >= 4 is 0 Å². The van der Waals surface area contributed by atoms with Crippen molar-refractivity contribution in [3.63, 3.8) is 0 Å². The van der Waals surface area contributed by atoms with Gasteiger partial charge in [-0.2, -0.15) is 0 Å². The zero-order valence-electron chi connectivity index (χ0n) is 25.4. The molecule has 2 heteroatoms. The second-order valence-corrected chi connectivity index (χ2v) is 12.3. The van der Waals surface area contributed by atoms with Crippen molar-refractivity contribution in [3.8, 4) is 0 Å². The standard InChI is InChI=1S/C34H66N2/c1-5-7-9-11-13-14-15-16-17-18-19-20-21-23-25-27-29-33(28-26-24-22-12-10-8-6-2)34(3,4)36-31-30-35-32-36/h30-33H,5-29H2,1-4H3/t33-/m0/s1. The molecule has 212 valence electrons. The average Bonchev–Trinajstić information content (AvgIpc) is 3.42. The van der Waals surface area contributed by atoms with E-state index in [1.165, 1.54) is 161 Å². The highest BCUT2D eigenvalue weighted by Crippen LogP contribution is 2.34. The Labute approximate surface area is 227 Å². The van der Waals surface area contributed by atoms with E-state index in [9.17, 15) is 0 Å². The summed E-state index contributed by atoms with van der Waals surface area (Å²) < 4.78 is 2.37. The molecule has 2 nitrogen and oxygen atoms in total. The molecule has 0 aliphatic heterocycles. The molecule has 0 saturated carbocycles. The molecule has 1 aromatic heterocycles. The Kier molecular flexibility index (Phi) is 21.5. The Bertz CT molecular complexity index is 548. The van der Waals surface area contributed by atoms with Gasteiger partial charge in [0.1, 0.15) is 0 Å². The van der Waals surface area contributed by atoms with Crippen LogP contribution in [0.2, 0.25) is 0 Å². The minimum atomic E-state index is 0.175. The first-order valence-electron chi connectivity index (χ1n) is 16.6. The lowest BCUT2D eigenvalue weighted by Gasteiger charge is -2.36. The van der Waals surface area contributed by atoms with Crippen LogP contribution in [-0.2, 0) is 5.54 Å². The van der Waals surface area contributed by atoms with E-state index in [1.807, 2.05) is 12.5 Å². The molecule has 36 heavy (non-hydrogen) atoms. The van der Waals surface area contributed by atoms with Crippen LogP contribution in [0.25, 0.3) is 0 Å². The Morgan fingerprint density at radius 3 is 1.17 bits per heavy atom. The third-order valence-corrected chi connectivity index (χ3v) is 8.73. The third-order valence-electron chi connectivity index (χ3n) is 8.73. The first kappa shape index (κ1) is 33.2. The van der Waals surface area contributed by atoms with Crippen LogP contribution < -0.4 is 0 Å². The average molecular weight is 503 g/mol. The fourth-order valence-electron chi connectivity index (χ4n) is 5.95. The fourth-order valence-corrected chi connectivity index (χ4v) is 5.95. The smallest absolute Gasteiger partial charge is 0.0951 e. The summed E-state index contributed by atoms with van der Waals surface area (Å²) in [6, 6.07) is 0. The number of unbranched alkanes of at least 4 members (excludes halogenated alkanes) is 21. The van der Waals surface area contributed by atoms with Crippen molar-refractivity contribution in [2.75, 3.05) is 0 Å². The largest absolute Gasteiger partial charge is 0.332 e. The van der Waals surface area contributed by atoms with Crippen molar-refractivity contribution in [2.45, 2.75) is 194 Å². The molecule has 1 rings (SSSR count). The van der Waals surface area contributed by atoms with Crippen LogP contribution in [0.5, 0.6) is 0 Å². The molecule has 0 aliphatic rings. The SMILES string of the molecule is CCCCCCCCCCCCCCCCCC[C@H](CCCCCCCCC)C(C)(C)n1ccnc1. The second kappa shape index (κ2) is 23.3. The maximum atomic E-state index is 4.35. The Hall–Kier alpha value is -0.790. The molecule has 0 amide bonds. The van der Waals surface area contributed by atoms with E-state index in [2.05, 4.69) is 43.4 Å². The summed E-state index contributed by atoms with van der Waals surface area (Å²) in [5.41, 5.74) is 0.175. The molecule has 0 aliphatic carbocycles. The number of hydrogen-bond donors (Lipinski definition) is 0. The van der Waals surface area contributed by atoms with Gasteiger partial charge in [-0.1, -0.05) is 162 Å². The first-order valence-corrected chi connectivity index (χ1v) is 16.6. The van der Waals surface area contributed by atoms with Crippen LogP contribution in [0, 0.1) is 5.92 Å². The van der Waals surface area contributed by atoms with Gasteiger partial charge in [0.15, 0.2) is 0 Å². The quantitative estimate of drug-likeness (QED) is 0.109. The molecular formula is C34H66N2. The predicted octanol–water partition coefficient (Wildman–Crippen LogP) is 12.0. The van der Waals surface area contributed by atoms with Gasteiger partial charge in [0.25, 0.3) is 0 Å². The molecule has 0 aromatic carbocycles. The monoisotopic (exact) mass is 503 g/mol. The van der Waals surface area contributed by atoms with Crippen molar-refractivity contribution in [1.82, 2.24) is 9.55 Å². The molecule has 0 fully saturated rings. The maximum Gasteiger partial charge on any atom is 0.0951 e. The summed E-state index contributed by atoms with van der Waals surface area (Å²) in [4.78, 5) is 4.35. The van der Waals surface area contributed by atoms with Crippen LogP contribution in [0.3, 0.4) is 0 Å². The zero-order chi connectivity index (χ0) is 26.2. The molecule has 0 spiro atoms. The Balaban J connectivity index is 2.10. The molecular weight excluding hydrogens is 436 g/mol. The van der Waals surface area contributed by atoms with Gasteiger partial charge in [0, 0.05) is 17.9 Å². The zero-order valence-corrected chi connectivity index (χ0v) is 25.4. The maximum absolute atomic E-state index is 4.35. The van der Waals surface area contributed by atoms with Crippen LogP contribution >= 0.6 is 0 Å². The molecule has 1 aromatic rings. The summed E-state index contributed by atoms with van der Waals surface area (Å²) in [5.74, 6) is 0.758. The van der Waals surface area contributed by atoms with Crippen molar-refractivity contribution in [2.24, 2.45) is 5.92 Å². The van der Waals surface area contributed by atoms with Crippen molar-refractivity contribution in [1.29, 1.82) is 0 Å². The van der Waals surface area contributed by atoms with E-state index in [1.54, 1.807) is 0 Å². The molecule has 1 heterocycles. The molecule has 0 radical (unpaired) electrons. The fraction of sp³-hybridized carbons (Fsp3) is 0.912. The van der Waals surface area contributed by atoms with Gasteiger partial charge in [-0.3, -0.25) is 0 Å². The second-order valence-electron chi connectivity index (χ2n) is 12.3. The van der Waals surface area contributed by atoms with Crippen LogP contribution in [-0.4, -0.2) is 9.55 Å². The van der Waals surface area contributed by atoms with Gasteiger partial charge >= 0.3 is 0 Å². The van der Waals surface area contributed by atoms with Crippen LogP contribution in [0.1, 0.15) is 188 Å². The Morgan fingerprint density at radius 2 is 0.861 bits per heavy atom. The van der Waals surface area contributed by atoms with Crippen molar-refractivity contribution < 1.29 is 0 Å². The highest BCUT2D eigenvalue weighted by Gasteiger charge is 2.30. The van der Waals surface area contributed by atoms with E-state index in [4.69, 9.17) is 0 Å². The van der Waals surface area contributed by atoms with Gasteiger partial charge in [0.2, 0.25) is 0 Å². The minimum absolute atomic E-state index is 0.175. The lowest BCUT2D eigenvalue weighted by Crippen LogP contribution is -2.34. The summed E-state index contributed by atoms with van der Waals surface area (Å²) >= 11 is 0. The van der Waals surface area contributed by atoms with Crippen LogP contribution in [0.4, 0.5) is 0 Å². The van der Waals surface area contributed by atoms with Gasteiger partial charge in [-0.05, 0) is 32.6 Å². The van der Waals surface area contributed by atoms with E-state index >= 15 is 0 Å². The molecule has 1 atom stereocenters. The molecule has 0 bridgehead atoms. The van der Waals surface area contributed by atoms with E-state index in [-0.39, 0.29) is 5.54 Å². The van der Waals surface area contributed by atoms with E-state index < -0.39 is 0 Å². The summed E-state index contributed by atoms with van der Waals surface area (Å²) in [6.07, 6.45) is 41.9. The predicted molar refractivity (Wildman–Crippen MR) is 162 cm³/mol. The Morgan fingerprint density at radius 1 is 0.528 bits per heavy atom. The lowest BCUT2D eigenvalue weighted by molar-refractivity contribution is 0.181. The molecule has 0 unspecified atom stereocenters. The number of nitrogens with zero attached hydrogens (tertiary/aromatic N) is 2. The van der Waals surface area contributed by atoms with Gasteiger partial charge in [0.05, 0.1) is 6.33 Å². The van der Waals surface area contributed by atoms with E-state index in [0.29, 0.717) is 0 Å². The number of hydrogen-bond acceptors (Lipinski definition) is 1. The minimum Gasteiger partial charge on any atom is -0.332 e. The lowest BCUT2D eigenvalue weighted by atomic mass is 9.79. The number of rotatable bonds is 27. The molecule has 0 saturated heterocycles. The number of imidazole rings is 1. The highest BCUT2D eigenvalue weighted by molar-refractivity contribution is 4.90. The topological polar surface area (TPSA) is 17.8 Å². The van der Waals surface area contributed by atoms with Gasteiger partial charge in [-0.25, -0.2) is 4.98 Å². The van der Waals surface area contributed by atoms with Crippen molar-refractivity contribution in [3.05, 3.63) is 18.7 Å². The van der Waals surface area contributed by atoms with Gasteiger partial charge in [-0.15, -0.1) is 0 Å². The van der Waals surface area contributed by atoms with Crippen LogP contribution in [0.15, 0.2) is 18.7 Å². The third kappa shape index (κ3) is 16.9. The number of aromatic nitrogens is 2. The summed E-state index contributed by atoms with van der Waals surface area (Å²) in [5, 5.41) is 0. The summed E-state index contributed by atoms with van der Waals surface area (Å²) in [6.45, 7) is 9.49. The van der Waals surface area contributed by atoms with E-state index in [0.717, 1.165) is 5.92 Å². The normalized spacial score (nSPS) is 12.9.